The van der Waals surface area contributed by atoms with Crippen molar-refractivity contribution in [2.24, 2.45) is 5.92 Å². The molecule has 0 aromatic heterocycles. The highest BCUT2D eigenvalue weighted by Gasteiger charge is 2.27. The monoisotopic (exact) mass is 273 g/mol. The Balaban J connectivity index is 1.70. The van der Waals surface area contributed by atoms with E-state index in [1.54, 1.807) is 0 Å². The lowest BCUT2D eigenvalue weighted by molar-refractivity contribution is -0.133. The average molecular weight is 274 g/mol. The van der Waals surface area contributed by atoms with E-state index in [-0.39, 0.29) is 11.3 Å². The number of ether oxygens (including phenoxy) is 1. The van der Waals surface area contributed by atoms with Crippen molar-refractivity contribution in [1.29, 1.82) is 0 Å². The highest BCUT2D eigenvalue weighted by Crippen LogP contribution is 2.23. The third-order valence-corrected chi connectivity index (χ3v) is 4.76. The topological polar surface area (TPSA) is 29.5 Å². The maximum absolute atomic E-state index is 12.1. The number of likely N-dealkylation sites (tertiary alicyclic amines) is 1. The number of alkyl halides is 1. The van der Waals surface area contributed by atoms with Crippen molar-refractivity contribution in [3.8, 4) is 0 Å². The van der Waals surface area contributed by atoms with Crippen LogP contribution in [0.5, 0.6) is 0 Å². The van der Waals surface area contributed by atoms with E-state index in [1.165, 1.54) is 12.8 Å². The SMILES string of the molecule is CC1CN(C(=O)CCC2CCCCO2)CCC1Cl. The van der Waals surface area contributed by atoms with Crippen molar-refractivity contribution in [2.45, 2.75) is 56.9 Å². The summed E-state index contributed by atoms with van der Waals surface area (Å²) in [6, 6.07) is 0. The maximum atomic E-state index is 12.1. The largest absolute Gasteiger partial charge is 0.378 e. The molecule has 0 aromatic rings. The summed E-state index contributed by atoms with van der Waals surface area (Å²) in [5, 5.41) is 0.232. The minimum Gasteiger partial charge on any atom is -0.378 e. The third kappa shape index (κ3) is 3.86. The second-order valence-corrected chi connectivity index (χ2v) is 6.21. The Hall–Kier alpha value is -0.280. The van der Waals surface area contributed by atoms with Crippen LogP contribution in [-0.2, 0) is 9.53 Å². The molecule has 0 aromatic carbocycles. The van der Waals surface area contributed by atoms with Crippen molar-refractivity contribution < 1.29 is 9.53 Å². The molecule has 1 amide bonds. The van der Waals surface area contributed by atoms with Crippen molar-refractivity contribution in [2.75, 3.05) is 19.7 Å². The molecular formula is C14H24ClNO2. The zero-order valence-corrected chi connectivity index (χ0v) is 12.0. The van der Waals surface area contributed by atoms with Gasteiger partial charge in [-0.2, -0.15) is 0 Å². The van der Waals surface area contributed by atoms with Crippen LogP contribution in [0.25, 0.3) is 0 Å². The van der Waals surface area contributed by atoms with E-state index in [1.807, 2.05) is 4.90 Å². The van der Waals surface area contributed by atoms with Gasteiger partial charge in [0.15, 0.2) is 0 Å². The van der Waals surface area contributed by atoms with E-state index in [0.717, 1.165) is 39.0 Å². The molecule has 3 nitrogen and oxygen atoms in total. The fourth-order valence-electron chi connectivity index (χ4n) is 2.82. The van der Waals surface area contributed by atoms with Gasteiger partial charge in [-0.3, -0.25) is 4.79 Å². The van der Waals surface area contributed by atoms with Gasteiger partial charge < -0.3 is 9.64 Å². The zero-order chi connectivity index (χ0) is 13.0. The number of amides is 1. The Kier molecular flexibility index (Phi) is 5.31. The van der Waals surface area contributed by atoms with Gasteiger partial charge in [0.05, 0.1) is 6.10 Å². The predicted octanol–water partition coefficient (Wildman–Crippen LogP) is 2.81. The molecule has 2 aliphatic rings. The van der Waals surface area contributed by atoms with Crippen LogP contribution in [-0.4, -0.2) is 42.0 Å². The predicted molar refractivity (Wildman–Crippen MR) is 72.8 cm³/mol. The molecule has 104 valence electrons. The molecule has 18 heavy (non-hydrogen) atoms. The fourth-order valence-corrected chi connectivity index (χ4v) is 3.00. The number of halogens is 1. The second-order valence-electron chi connectivity index (χ2n) is 5.65. The van der Waals surface area contributed by atoms with Crippen LogP contribution in [0.3, 0.4) is 0 Å². The molecule has 3 atom stereocenters. The van der Waals surface area contributed by atoms with Crippen LogP contribution in [0.1, 0.15) is 45.4 Å². The summed E-state index contributed by atoms with van der Waals surface area (Å²) in [4.78, 5) is 14.1. The molecule has 2 aliphatic heterocycles. The summed E-state index contributed by atoms with van der Waals surface area (Å²) in [5.41, 5.74) is 0. The third-order valence-electron chi connectivity index (χ3n) is 4.11. The van der Waals surface area contributed by atoms with Gasteiger partial charge in [0.1, 0.15) is 0 Å². The van der Waals surface area contributed by atoms with Crippen LogP contribution in [0.15, 0.2) is 0 Å². The van der Waals surface area contributed by atoms with Gasteiger partial charge >= 0.3 is 0 Å². The van der Waals surface area contributed by atoms with Crippen LogP contribution in [0, 0.1) is 5.92 Å². The molecule has 0 aliphatic carbocycles. The van der Waals surface area contributed by atoms with E-state index in [4.69, 9.17) is 16.3 Å². The number of nitrogens with zero attached hydrogens (tertiary/aromatic N) is 1. The first-order valence-corrected chi connectivity index (χ1v) is 7.64. The van der Waals surface area contributed by atoms with Gasteiger partial charge in [0.2, 0.25) is 5.91 Å². The molecular weight excluding hydrogens is 250 g/mol. The number of rotatable bonds is 3. The van der Waals surface area contributed by atoms with E-state index in [2.05, 4.69) is 6.92 Å². The molecule has 0 N–H and O–H groups in total. The Labute approximate surface area is 115 Å². The first-order valence-electron chi connectivity index (χ1n) is 7.20. The fraction of sp³-hybridized carbons (Fsp3) is 0.929. The lowest BCUT2D eigenvalue weighted by Gasteiger charge is -2.34. The number of hydrogen-bond donors (Lipinski definition) is 0. The normalized spacial score (nSPS) is 33.4. The minimum atomic E-state index is 0.232. The molecule has 3 unspecified atom stereocenters. The summed E-state index contributed by atoms with van der Waals surface area (Å²) >= 11 is 6.18. The molecule has 0 spiro atoms. The lowest BCUT2D eigenvalue weighted by Crippen LogP contribution is -2.43. The molecule has 4 heteroatoms. The molecule has 0 radical (unpaired) electrons. The molecule has 2 fully saturated rings. The van der Waals surface area contributed by atoms with Gasteiger partial charge in [-0.05, 0) is 38.0 Å². The van der Waals surface area contributed by atoms with E-state index in [9.17, 15) is 4.79 Å². The van der Waals surface area contributed by atoms with Gasteiger partial charge in [0, 0.05) is 31.5 Å². The lowest BCUT2D eigenvalue weighted by atomic mass is 9.98. The summed E-state index contributed by atoms with van der Waals surface area (Å²) in [7, 11) is 0. The Morgan fingerprint density at radius 2 is 2.22 bits per heavy atom. The van der Waals surface area contributed by atoms with E-state index < -0.39 is 0 Å². The van der Waals surface area contributed by atoms with Gasteiger partial charge in [-0.15, -0.1) is 11.6 Å². The molecule has 0 saturated carbocycles. The summed E-state index contributed by atoms with van der Waals surface area (Å²) < 4.78 is 5.66. The van der Waals surface area contributed by atoms with Gasteiger partial charge in [-0.1, -0.05) is 6.92 Å². The Morgan fingerprint density at radius 3 is 2.89 bits per heavy atom. The Bertz CT molecular complexity index is 279. The molecule has 2 saturated heterocycles. The van der Waals surface area contributed by atoms with Crippen LogP contribution in [0.4, 0.5) is 0 Å². The highest BCUT2D eigenvalue weighted by atomic mass is 35.5. The number of piperidine rings is 1. The first-order chi connectivity index (χ1) is 8.66. The molecule has 2 rings (SSSR count). The number of carbonyl (C=O) groups is 1. The van der Waals surface area contributed by atoms with E-state index >= 15 is 0 Å². The van der Waals surface area contributed by atoms with Crippen molar-refractivity contribution >= 4 is 17.5 Å². The standard InChI is InChI=1S/C14H24ClNO2/c1-11-10-16(8-7-13(11)15)14(17)6-5-12-4-2-3-9-18-12/h11-13H,2-10H2,1H3. The number of hydrogen-bond acceptors (Lipinski definition) is 2. The van der Waals surface area contributed by atoms with Gasteiger partial charge in [0.25, 0.3) is 0 Å². The van der Waals surface area contributed by atoms with E-state index in [0.29, 0.717) is 18.4 Å². The average Bonchev–Trinajstić information content (AvgIpc) is 2.40. The maximum Gasteiger partial charge on any atom is 0.222 e. The minimum absolute atomic E-state index is 0.232. The van der Waals surface area contributed by atoms with Crippen molar-refractivity contribution in [3.05, 3.63) is 0 Å². The molecule has 2 heterocycles. The summed E-state index contributed by atoms with van der Waals surface area (Å²) in [6.45, 7) is 4.64. The number of carbonyl (C=O) groups excluding carboxylic acids is 1. The smallest absolute Gasteiger partial charge is 0.222 e. The summed E-state index contributed by atoms with van der Waals surface area (Å²) in [5.74, 6) is 0.690. The highest BCUT2D eigenvalue weighted by molar-refractivity contribution is 6.20. The summed E-state index contributed by atoms with van der Waals surface area (Å²) in [6.07, 6.45) is 6.28. The van der Waals surface area contributed by atoms with Crippen molar-refractivity contribution in [3.63, 3.8) is 0 Å². The van der Waals surface area contributed by atoms with Crippen molar-refractivity contribution in [1.82, 2.24) is 4.90 Å². The van der Waals surface area contributed by atoms with Crippen LogP contribution >= 0.6 is 11.6 Å². The van der Waals surface area contributed by atoms with Crippen LogP contribution in [0.2, 0.25) is 0 Å². The zero-order valence-electron chi connectivity index (χ0n) is 11.2. The van der Waals surface area contributed by atoms with Gasteiger partial charge in [-0.25, -0.2) is 0 Å². The first kappa shape index (κ1) is 14.1. The molecule has 0 bridgehead atoms. The quantitative estimate of drug-likeness (QED) is 0.740. The Morgan fingerprint density at radius 1 is 1.39 bits per heavy atom. The van der Waals surface area contributed by atoms with Crippen LogP contribution < -0.4 is 0 Å². The second kappa shape index (κ2) is 6.76.